The van der Waals surface area contributed by atoms with Crippen LogP contribution in [-0.4, -0.2) is 88.3 Å². The highest BCUT2D eigenvalue weighted by Crippen LogP contribution is 2.29. The molecule has 4 rings (SSSR count). The molecule has 0 fully saturated rings. The summed E-state index contributed by atoms with van der Waals surface area (Å²) in [6, 6.07) is 12.0. The summed E-state index contributed by atoms with van der Waals surface area (Å²) in [5.74, 6) is -0.163. The summed E-state index contributed by atoms with van der Waals surface area (Å²) in [6.45, 7) is 8.14. The molecule has 44 heavy (non-hydrogen) atoms. The molecule has 2 N–H and O–H groups in total. The molecular formula is C34H45N5O5. The minimum atomic E-state index is -0.451. The maximum Gasteiger partial charge on any atom is 0.258 e. The number of carbonyl (C=O) groups excluding carboxylic acids is 2. The van der Waals surface area contributed by atoms with Gasteiger partial charge >= 0.3 is 0 Å². The predicted molar refractivity (Wildman–Crippen MR) is 170 cm³/mol. The van der Waals surface area contributed by atoms with Crippen molar-refractivity contribution in [2.75, 3.05) is 38.7 Å². The molecule has 0 bridgehead atoms. The maximum atomic E-state index is 14.3. The van der Waals surface area contributed by atoms with Crippen LogP contribution in [0.3, 0.4) is 0 Å². The van der Waals surface area contributed by atoms with Gasteiger partial charge in [-0.15, -0.1) is 0 Å². The predicted octanol–water partition coefficient (Wildman–Crippen LogP) is 4.66. The Labute approximate surface area is 260 Å². The van der Waals surface area contributed by atoms with Gasteiger partial charge in [0.05, 0.1) is 30.4 Å². The number of likely N-dealkylation sites (N-methyl/N-ethyl adjacent to an activating group) is 1. The van der Waals surface area contributed by atoms with Crippen molar-refractivity contribution in [2.45, 2.75) is 64.8 Å². The Kier molecular flexibility index (Phi) is 12.2. The average Bonchev–Trinajstić information content (AvgIpc) is 3.03. The first-order chi connectivity index (χ1) is 21.2. The van der Waals surface area contributed by atoms with Crippen LogP contribution < -0.4 is 10.1 Å². The van der Waals surface area contributed by atoms with Crippen LogP contribution in [0.2, 0.25) is 0 Å². The fourth-order valence-corrected chi connectivity index (χ4v) is 5.34. The molecule has 236 valence electrons. The molecule has 0 saturated carbocycles. The lowest BCUT2D eigenvalue weighted by atomic mass is 10.0. The maximum absolute atomic E-state index is 14.3. The minimum Gasteiger partial charge on any atom is -0.490 e. The highest BCUT2D eigenvalue weighted by molar-refractivity contribution is 6.05. The number of hydrogen-bond donors (Lipinski definition) is 2. The monoisotopic (exact) mass is 603 g/mol. The molecule has 0 radical (unpaired) electrons. The van der Waals surface area contributed by atoms with Crippen LogP contribution in [-0.2, 0) is 11.3 Å². The number of nitrogens with one attached hydrogen (secondary N) is 1. The summed E-state index contributed by atoms with van der Waals surface area (Å²) in [6.07, 6.45) is 9.05. The Hall–Kier alpha value is -3.86. The van der Waals surface area contributed by atoms with E-state index in [-0.39, 0.29) is 36.5 Å². The standard InChI is InChI=1S/C34H45N5O5/c1-24-20-39(25(2)23-40)34(42)30-19-29(37-33(41)28-12-16-36-17-13-28)8-9-31(30)44-26(3)7-5-6-18-43-32(24)22-38(4)21-27-10-14-35-15-11-27/h8-17,19,24-26,32,40H,5-7,18,20-23H2,1-4H3,(H,37,41)/t24-,25-,26-,32-/m0/s1. The molecule has 2 aromatic heterocycles. The Bertz CT molecular complexity index is 1340. The SMILES string of the molecule is C[C@H]1CCCCO[C@@H](CN(C)Cc2ccncc2)[C@@H](C)CN([C@@H](C)CO)C(=O)c2cc(NC(=O)c3ccncc3)ccc2O1. The zero-order valence-corrected chi connectivity index (χ0v) is 26.2. The first kappa shape index (κ1) is 33.0. The zero-order chi connectivity index (χ0) is 31.5. The lowest BCUT2D eigenvalue weighted by molar-refractivity contribution is -0.0177. The van der Waals surface area contributed by atoms with E-state index in [1.54, 1.807) is 60.0 Å². The Morgan fingerprint density at radius 3 is 2.50 bits per heavy atom. The Morgan fingerprint density at radius 2 is 1.80 bits per heavy atom. The van der Waals surface area contributed by atoms with E-state index < -0.39 is 6.04 Å². The van der Waals surface area contributed by atoms with Gasteiger partial charge in [0.25, 0.3) is 11.8 Å². The van der Waals surface area contributed by atoms with Crippen molar-refractivity contribution >= 4 is 17.5 Å². The molecule has 0 spiro atoms. The third-order valence-corrected chi connectivity index (χ3v) is 7.95. The molecule has 10 nitrogen and oxygen atoms in total. The summed E-state index contributed by atoms with van der Waals surface area (Å²) >= 11 is 0. The molecule has 2 amide bonds. The molecule has 3 aromatic rings. The number of nitrogens with zero attached hydrogens (tertiary/aromatic N) is 4. The molecule has 0 unspecified atom stereocenters. The number of pyridine rings is 2. The van der Waals surface area contributed by atoms with Gasteiger partial charge in [0.2, 0.25) is 0 Å². The van der Waals surface area contributed by atoms with E-state index >= 15 is 0 Å². The van der Waals surface area contributed by atoms with Crippen LogP contribution in [0.15, 0.2) is 67.3 Å². The summed E-state index contributed by atoms with van der Waals surface area (Å²) in [5.41, 5.74) is 2.43. The van der Waals surface area contributed by atoms with Gasteiger partial charge in [-0.25, -0.2) is 0 Å². The summed E-state index contributed by atoms with van der Waals surface area (Å²) in [7, 11) is 2.07. The van der Waals surface area contributed by atoms with Crippen molar-refractivity contribution in [2.24, 2.45) is 5.92 Å². The fourth-order valence-electron chi connectivity index (χ4n) is 5.34. The Morgan fingerprint density at radius 1 is 1.09 bits per heavy atom. The molecule has 0 saturated heterocycles. The van der Waals surface area contributed by atoms with E-state index in [0.717, 1.165) is 25.8 Å². The van der Waals surface area contributed by atoms with E-state index in [1.807, 2.05) is 26.0 Å². The number of rotatable bonds is 8. The van der Waals surface area contributed by atoms with Gasteiger partial charge in [-0.2, -0.15) is 0 Å². The first-order valence-corrected chi connectivity index (χ1v) is 15.4. The van der Waals surface area contributed by atoms with Gasteiger partial charge in [-0.05, 0) is 88.2 Å². The molecule has 3 heterocycles. The molecule has 4 atom stereocenters. The second kappa shape index (κ2) is 16.3. The molecule has 10 heteroatoms. The van der Waals surface area contributed by atoms with E-state index in [2.05, 4.69) is 34.2 Å². The molecule has 0 aliphatic carbocycles. The van der Waals surface area contributed by atoms with Gasteiger partial charge in [0, 0.05) is 68.2 Å². The van der Waals surface area contributed by atoms with Crippen molar-refractivity contribution in [1.29, 1.82) is 0 Å². The van der Waals surface area contributed by atoms with E-state index in [4.69, 9.17) is 9.47 Å². The Balaban J connectivity index is 1.61. The third kappa shape index (κ3) is 9.32. The van der Waals surface area contributed by atoms with Gasteiger partial charge in [0.15, 0.2) is 0 Å². The summed E-state index contributed by atoms with van der Waals surface area (Å²) in [5, 5.41) is 13.1. The number of anilines is 1. The molecule has 1 aromatic carbocycles. The number of ether oxygens (including phenoxy) is 2. The van der Waals surface area contributed by atoms with Crippen molar-refractivity contribution in [3.05, 3.63) is 83.9 Å². The lowest BCUT2D eigenvalue weighted by Crippen LogP contribution is -2.47. The molecular weight excluding hydrogens is 558 g/mol. The number of amides is 2. The smallest absolute Gasteiger partial charge is 0.258 e. The normalized spacial score (nSPS) is 20.7. The van der Waals surface area contributed by atoms with Crippen molar-refractivity contribution in [3.8, 4) is 5.75 Å². The number of fused-ring (bicyclic) bond motifs is 1. The fraction of sp³-hybridized carbons (Fsp3) is 0.471. The average molecular weight is 604 g/mol. The van der Waals surface area contributed by atoms with E-state index in [9.17, 15) is 14.7 Å². The zero-order valence-electron chi connectivity index (χ0n) is 26.2. The van der Waals surface area contributed by atoms with Crippen LogP contribution in [0.5, 0.6) is 5.75 Å². The molecule has 1 aliphatic rings. The van der Waals surface area contributed by atoms with Crippen molar-refractivity contribution in [1.82, 2.24) is 19.8 Å². The number of aliphatic hydroxyl groups excluding tert-OH is 1. The van der Waals surface area contributed by atoms with Crippen molar-refractivity contribution in [3.63, 3.8) is 0 Å². The first-order valence-electron chi connectivity index (χ1n) is 15.4. The third-order valence-electron chi connectivity index (χ3n) is 7.95. The minimum absolute atomic E-state index is 0.0337. The number of aromatic nitrogens is 2. The quantitative estimate of drug-likeness (QED) is 0.382. The number of carbonyl (C=O) groups is 2. The summed E-state index contributed by atoms with van der Waals surface area (Å²) in [4.78, 5) is 39.2. The number of benzene rings is 1. The van der Waals surface area contributed by atoms with Crippen LogP contribution in [0.1, 0.15) is 66.3 Å². The topological polar surface area (TPSA) is 117 Å². The van der Waals surface area contributed by atoms with E-state index in [0.29, 0.717) is 42.3 Å². The highest BCUT2D eigenvalue weighted by Gasteiger charge is 2.30. The number of hydrogen-bond acceptors (Lipinski definition) is 8. The highest BCUT2D eigenvalue weighted by atomic mass is 16.5. The van der Waals surface area contributed by atoms with Crippen LogP contribution in [0, 0.1) is 5.92 Å². The van der Waals surface area contributed by atoms with E-state index in [1.165, 1.54) is 5.56 Å². The van der Waals surface area contributed by atoms with Crippen LogP contribution >= 0.6 is 0 Å². The van der Waals surface area contributed by atoms with Crippen LogP contribution in [0.25, 0.3) is 0 Å². The van der Waals surface area contributed by atoms with Crippen LogP contribution in [0.4, 0.5) is 5.69 Å². The molecule has 1 aliphatic heterocycles. The van der Waals surface area contributed by atoms with Gasteiger partial charge in [-0.1, -0.05) is 6.92 Å². The number of aliphatic hydroxyl groups is 1. The van der Waals surface area contributed by atoms with Gasteiger partial charge in [-0.3, -0.25) is 24.5 Å². The van der Waals surface area contributed by atoms with Gasteiger partial charge in [0.1, 0.15) is 5.75 Å². The lowest BCUT2D eigenvalue weighted by Gasteiger charge is -2.36. The van der Waals surface area contributed by atoms with Gasteiger partial charge < -0.3 is 24.8 Å². The second-order valence-corrected chi connectivity index (χ2v) is 11.8. The second-order valence-electron chi connectivity index (χ2n) is 11.8. The summed E-state index contributed by atoms with van der Waals surface area (Å²) < 4.78 is 12.8. The largest absolute Gasteiger partial charge is 0.490 e. The van der Waals surface area contributed by atoms with Crippen molar-refractivity contribution < 1.29 is 24.2 Å².